The van der Waals surface area contributed by atoms with Crippen molar-refractivity contribution in [2.45, 2.75) is 37.2 Å². The summed E-state index contributed by atoms with van der Waals surface area (Å²) in [6.45, 7) is 4.04. The molecule has 1 atom stereocenters. The molecular weight excluding hydrogens is 354 g/mol. The van der Waals surface area contributed by atoms with Crippen molar-refractivity contribution in [3.05, 3.63) is 58.2 Å². The molecule has 0 aliphatic carbocycles. The molecule has 26 heavy (non-hydrogen) atoms. The monoisotopic (exact) mass is 373 g/mol. The van der Waals surface area contributed by atoms with Crippen molar-refractivity contribution in [3.63, 3.8) is 0 Å². The van der Waals surface area contributed by atoms with Gasteiger partial charge in [-0.05, 0) is 18.9 Å². The van der Waals surface area contributed by atoms with Gasteiger partial charge in [0.25, 0.3) is 0 Å². The fourth-order valence-corrected chi connectivity index (χ4v) is 3.34. The predicted octanol–water partition coefficient (Wildman–Crippen LogP) is 2.43. The molecule has 0 saturated heterocycles. The van der Waals surface area contributed by atoms with Gasteiger partial charge in [0.2, 0.25) is 5.91 Å². The molecule has 0 fully saturated rings. The maximum atomic E-state index is 12.5. The third-order valence-corrected chi connectivity index (χ3v) is 5.05. The van der Waals surface area contributed by atoms with Gasteiger partial charge < -0.3 is 9.84 Å². The zero-order chi connectivity index (χ0) is 18.5. The van der Waals surface area contributed by atoms with Crippen molar-refractivity contribution < 1.29 is 9.32 Å². The van der Waals surface area contributed by atoms with E-state index in [0.29, 0.717) is 29.7 Å². The first-order valence-corrected chi connectivity index (χ1v) is 9.04. The number of hydrogen-bond acceptors (Lipinski definition) is 6. The number of hydrogen-bond donors (Lipinski definition) is 2. The van der Waals surface area contributed by atoms with E-state index in [2.05, 4.69) is 20.7 Å². The van der Waals surface area contributed by atoms with E-state index >= 15 is 0 Å². The summed E-state index contributed by atoms with van der Waals surface area (Å²) in [6, 6.07) is 11.3. The molecule has 9 heteroatoms. The highest BCUT2D eigenvalue weighted by Crippen LogP contribution is 2.24. The first-order valence-electron chi connectivity index (χ1n) is 8.16. The quantitative estimate of drug-likeness (QED) is 0.616. The van der Waals surface area contributed by atoms with Crippen molar-refractivity contribution in [1.29, 1.82) is 0 Å². The largest absolute Gasteiger partial charge is 0.360 e. The number of H-pyrrole nitrogens is 1. The second-order valence-electron chi connectivity index (χ2n) is 5.71. The van der Waals surface area contributed by atoms with E-state index in [1.807, 2.05) is 37.3 Å². The van der Waals surface area contributed by atoms with Gasteiger partial charge in [-0.15, -0.1) is 5.10 Å². The fourth-order valence-electron chi connectivity index (χ4n) is 2.38. The summed E-state index contributed by atoms with van der Waals surface area (Å²) in [5.74, 6) is 0.771. The van der Waals surface area contributed by atoms with Crippen LogP contribution in [0.1, 0.15) is 24.7 Å². The Morgan fingerprint density at radius 3 is 2.81 bits per heavy atom. The summed E-state index contributed by atoms with van der Waals surface area (Å²) in [5.41, 5.74) is 0.673. The molecule has 0 unspecified atom stereocenters. The Morgan fingerprint density at radius 2 is 2.15 bits per heavy atom. The highest BCUT2D eigenvalue weighted by atomic mass is 32.2. The van der Waals surface area contributed by atoms with Crippen molar-refractivity contribution in [2.24, 2.45) is 0 Å². The highest BCUT2D eigenvalue weighted by Gasteiger charge is 2.22. The molecular formula is C17H19N5O3S. The molecule has 1 amide bonds. The van der Waals surface area contributed by atoms with E-state index in [4.69, 9.17) is 4.52 Å². The van der Waals surface area contributed by atoms with Crippen LogP contribution in [0.2, 0.25) is 0 Å². The van der Waals surface area contributed by atoms with Gasteiger partial charge in [0.05, 0.1) is 11.8 Å². The predicted molar refractivity (Wildman–Crippen MR) is 98.2 cm³/mol. The van der Waals surface area contributed by atoms with Crippen molar-refractivity contribution in [3.8, 4) is 0 Å². The molecule has 2 heterocycles. The molecule has 2 aromatic heterocycles. The normalized spacial score (nSPS) is 12.1. The van der Waals surface area contributed by atoms with E-state index in [1.54, 1.807) is 13.0 Å². The van der Waals surface area contributed by atoms with Gasteiger partial charge in [-0.2, -0.15) is 0 Å². The first kappa shape index (κ1) is 18.0. The van der Waals surface area contributed by atoms with Crippen LogP contribution in [0.4, 0.5) is 5.82 Å². The molecule has 1 aromatic carbocycles. The van der Waals surface area contributed by atoms with Crippen LogP contribution >= 0.6 is 11.8 Å². The summed E-state index contributed by atoms with van der Waals surface area (Å²) >= 11 is 1.24. The molecule has 0 radical (unpaired) electrons. The number of anilines is 1. The molecule has 0 bridgehead atoms. The Hall–Kier alpha value is -2.81. The Bertz CT molecular complexity index is 931. The minimum absolute atomic E-state index is 0.215. The van der Waals surface area contributed by atoms with Crippen LogP contribution in [0.3, 0.4) is 0 Å². The molecule has 3 aromatic rings. The van der Waals surface area contributed by atoms with Crippen molar-refractivity contribution >= 4 is 23.5 Å². The van der Waals surface area contributed by atoms with Crippen LogP contribution in [0, 0.1) is 6.92 Å². The Kier molecular flexibility index (Phi) is 5.57. The summed E-state index contributed by atoms with van der Waals surface area (Å²) in [4.78, 5) is 24.6. The van der Waals surface area contributed by atoms with E-state index in [1.165, 1.54) is 16.3 Å². The van der Waals surface area contributed by atoms with Crippen LogP contribution in [0.5, 0.6) is 0 Å². The van der Waals surface area contributed by atoms with Gasteiger partial charge in [0.1, 0.15) is 5.76 Å². The minimum atomic E-state index is -0.420. The van der Waals surface area contributed by atoms with Crippen molar-refractivity contribution in [1.82, 2.24) is 19.9 Å². The SMILES string of the molecule is CC[C@H](Sc1n[nH]c(=O)n1Cc1ccccc1)C(=O)Nc1cc(C)on1. The molecule has 0 aliphatic heterocycles. The van der Waals surface area contributed by atoms with Crippen LogP contribution in [0.25, 0.3) is 0 Å². The van der Waals surface area contributed by atoms with Gasteiger partial charge in [-0.3, -0.25) is 9.36 Å². The number of thioether (sulfide) groups is 1. The van der Waals surface area contributed by atoms with Gasteiger partial charge in [-0.25, -0.2) is 9.89 Å². The maximum absolute atomic E-state index is 12.5. The summed E-state index contributed by atoms with van der Waals surface area (Å²) in [6.07, 6.45) is 0.569. The lowest BCUT2D eigenvalue weighted by Gasteiger charge is -2.13. The minimum Gasteiger partial charge on any atom is -0.360 e. The maximum Gasteiger partial charge on any atom is 0.344 e. The van der Waals surface area contributed by atoms with E-state index in [-0.39, 0.29) is 11.6 Å². The van der Waals surface area contributed by atoms with Gasteiger partial charge >= 0.3 is 5.69 Å². The van der Waals surface area contributed by atoms with E-state index < -0.39 is 5.25 Å². The number of amides is 1. The zero-order valence-corrected chi connectivity index (χ0v) is 15.2. The fraction of sp³-hybridized carbons (Fsp3) is 0.294. The molecule has 0 aliphatic rings. The lowest BCUT2D eigenvalue weighted by molar-refractivity contribution is -0.115. The van der Waals surface area contributed by atoms with Crippen molar-refractivity contribution in [2.75, 3.05) is 5.32 Å². The molecule has 0 spiro atoms. The van der Waals surface area contributed by atoms with Gasteiger partial charge in [0.15, 0.2) is 11.0 Å². The Morgan fingerprint density at radius 1 is 1.38 bits per heavy atom. The standard InChI is InChI=1S/C17H19N5O3S/c1-3-13(15(23)18-14-9-11(2)25-21-14)26-17-20-19-16(24)22(17)10-12-7-5-4-6-8-12/h4-9,13H,3,10H2,1-2H3,(H,19,24)(H,18,21,23)/t13-/m0/s1. The first-order chi connectivity index (χ1) is 12.6. The van der Waals surface area contributed by atoms with E-state index in [0.717, 1.165) is 5.56 Å². The zero-order valence-electron chi connectivity index (χ0n) is 14.4. The smallest absolute Gasteiger partial charge is 0.344 e. The lowest BCUT2D eigenvalue weighted by atomic mass is 10.2. The van der Waals surface area contributed by atoms with Crippen LogP contribution in [0.15, 0.2) is 50.9 Å². The third kappa shape index (κ3) is 4.23. The number of aryl methyl sites for hydroxylation is 1. The number of benzene rings is 1. The Labute approximate surface area is 154 Å². The topological polar surface area (TPSA) is 106 Å². The number of aromatic amines is 1. The van der Waals surface area contributed by atoms with Gasteiger partial charge in [0, 0.05) is 6.07 Å². The third-order valence-electron chi connectivity index (χ3n) is 3.70. The molecule has 0 saturated carbocycles. The molecule has 136 valence electrons. The number of carbonyl (C=O) groups excluding carboxylic acids is 1. The average molecular weight is 373 g/mol. The van der Waals surface area contributed by atoms with Crippen LogP contribution in [-0.2, 0) is 11.3 Å². The molecule has 3 rings (SSSR count). The number of nitrogens with zero attached hydrogens (tertiary/aromatic N) is 3. The number of aromatic nitrogens is 4. The summed E-state index contributed by atoms with van der Waals surface area (Å²) in [5, 5.41) is 13.1. The molecule has 8 nitrogen and oxygen atoms in total. The van der Waals surface area contributed by atoms with Gasteiger partial charge in [-0.1, -0.05) is 54.2 Å². The Balaban J connectivity index is 1.74. The van der Waals surface area contributed by atoms with E-state index in [9.17, 15) is 9.59 Å². The van der Waals surface area contributed by atoms with Crippen LogP contribution in [-0.4, -0.2) is 31.1 Å². The highest BCUT2D eigenvalue weighted by molar-refractivity contribution is 8.00. The molecule has 2 N–H and O–H groups in total. The van der Waals surface area contributed by atoms with Crippen LogP contribution < -0.4 is 11.0 Å². The second kappa shape index (κ2) is 8.05. The summed E-state index contributed by atoms with van der Waals surface area (Å²) < 4.78 is 6.48. The lowest BCUT2D eigenvalue weighted by Crippen LogP contribution is -2.26. The number of nitrogens with one attached hydrogen (secondary N) is 2. The summed E-state index contributed by atoms with van der Waals surface area (Å²) in [7, 11) is 0. The number of rotatable bonds is 7. The number of carbonyl (C=O) groups is 1. The second-order valence-corrected chi connectivity index (χ2v) is 6.88. The average Bonchev–Trinajstić information content (AvgIpc) is 3.20.